The molecule has 0 unspecified atom stereocenters. The van der Waals surface area contributed by atoms with Crippen LogP contribution in [0.15, 0.2) is 0 Å². The lowest BCUT2D eigenvalue weighted by Gasteiger charge is -2.29. The van der Waals surface area contributed by atoms with Gasteiger partial charge in [0.1, 0.15) is 5.60 Å². The SMILES string of the molecule is CCCCCCCC(CC)(CC)OOOCC. The molecule has 0 saturated heterocycles. The van der Waals surface area contributed by atoms with Crippen molar-refractivity contribution in [3.05, 3.63) is 0 Å². The van der Waals surface area contributed by atoms with Gasteiger partial charge in [0.25, 0.3) is 0 Å². The normalized spacial score (nSPS) is 12.0. The van der Waals surface area contributed by atoms with Gasteiger partial charge in [-0.15, -0.1) is 0 Å². The lowest BCUT2D eigenvalue weighted by atomic mass is 9.90. The molecule has 17 heavy (non-hydrogen) atoms. The number of hydrogen-bond acceptors (Lipinski definition) is 3. The van der Waals surface area contributed by atoms with Crippen LogP contribution in [0, 0.1) is 0 Å². The molecule has 0 aromatic carbocycles. The summed E-state index contributed by atoms with van der Waals surface area (Å²) in [6, 6.07) is 0. The second-order valence-electron chi connectivity index (χ2n) is 4.61. The van der Waals surface area contributed by atoms with Crippen molar-refractivity contribution in [3.63, 3.8) is 0 Å². The molecule has 0 bridgehead atoms. The highest BCUT2D eigenvalue weighted by atomic mass is 17.5. The Morgan fingerprint density at radius 1 is 0.824 bits per heavy atom. The van der Waals surface area contributed by atoms with Gasteiger partial charge in [-0.1, -0.05) is 57.9 Å². The first kappa shape index (κ1) is 16.9. The van der Waals surface area contributed by atoms with Gasteiger partial charge in [-0.3, -0.25) is 0 Å². The second kappa shape index (κ2) is 11.0. The number of hydrogen-bond donors (Lipinski definition) is 0. The monoisotopic (exact) mass is 246 g/mol. The Morgan fingerprint density at radius 2 is 1.47 bits per heavy atom. The van der Waals surface area contributed by atoms with Crippen molar-refractivity contribution in [1.82, 2.24) is 0 Å². The Bertz CT molecular complexity index is 156. The molecule has 0 aromatic heterocycles. The second-order valence-corrected chi connectivity index (χ2v) is 4.61. The molecule has 0 aliphatic heterocycles. The fourth-order valence-corrected chi connectivity index (χ4v) is 1.96. The van der Waals surface area contributed by atoms with Crippen LogP contribution < -0.4 is 0 Å². The zero-order valence-corrected chi connectivity index (χ0v) is 12.1. The molecule has 0 saturated carbocycles. The van der Waals surface area contributed by atoms with Crippen molar-refractivity contribution in [2.45, 2.75) is 84.7 Å². The molecular formula is C14H30O3. The summed E-state index contributed by atoms with van der Waals surface area (Å²) >= 11 is 0. The van der Waals surface area contributed by atoms with Gasteiger partial charge in [0, 0.05) is 0 Å². The third-order valence-electron chi connectivity index (χ3n) is 3.40. The summed E-state index contributed by atoms with van der Waals surface area (Å²) in [7, 11) is 0. The van der Waals surface area contributed by atoms with Crippen LogP contribution in [-0.2, 0) is 14.8 Å². The molecule has 0 aliphatic rings. The quantitative estimate of drug-likeness (QED) is 0.281. The largest absolute Gasteiger partial charge is 0.206 e. The van der Waals surface area contributed by atoms with Gasteiger partial charge in [-0.05, 0) is 26.2 Å². The Kier molecular flexibility index (Phi) is 10.9. The van der Waals surface area contributed by atoms with E-state index >= 15 is 0 Å². The minimum absolute atomic E-state index is 0.165. The van der Waals surface area contributed by atoms with Crippen LogP contribution in [0.3, 0.4) is 0 Å². The Morgan fingerprint density at radius 3 is 2.00 bits per heavy atom. The minimum Gasteiger partial charge on any atom is -0.206 e. The topological polar surface area (TPSA) is 27.7 Å². The zero-order chi connectivity index (χ0) is 13.0. The van der Waals surface area contributed by atoms with Crippen molar-refractivity contribution in [2.75, 3.05) is 6.61 Å². The molecule has 0 atom stereocenters. The highest BCUT2D eigenvalue weighted by Gasteiger charge is 2.28. The van der Waals surface area contributed by atoms with Crippen LogP contribution in [0.4, 0.5) is 0 Å². The summed E-state index contributed by atoms with van der Waals surface area (Å²) in [5.41, 5.74) is -0.165. The van der Waals surface area contributed by atoms with E-state index in [9.17, 15) is 0 Å². The first-order valence-electron chi connectivity index (χ1n) is 7.22. The van der Waals surface area contributed by atoms with E-state index in [1.807, 2.05) is 6.92 Å². The van der Waals surface area contributed by atoms with Crippen LogP contribution in [0.5, 0.6) is 0 Å². The highest BCUT2D eigenvalue weighted by Crippen LogP contribution is 2.28. The molecule has 3 heteroatoms. The first-order valence-corrected chi connectivity index (χ1v) is 7.22. The molecule has 0 spiro atoms. The lowest BCUT2D eigenvalue weighted by Crippen LogP contribution is -2.31. The van der Waals surface area contributed by atoms with E-state index in [0.717, 1.165) is 19.3 Å². The number of unbranched alkanes of at least 4 members (excludes halogenated alkanes) is 4. The van der Waals surface area contributed by atoms with Crippen molar-refractivity contribution in [1.29, 1.82) is 0 Å². The maximum absolute atomic E-state index is 5.45. The van der Waals surface area contributed by atoms with Gasteiger partial charge in [0.05, 0.1) is 6.61 Å². The predicted octanol–water partition coefficient (Wildman–Crippen LogP) is 4.81. The fraction of sp³-hybridized carbons (Fsp3) is 1.00. The van der Waals surface area contributed by atoms with Crippen LogP contribution in [-0.4, -0.2) is 12.2 Å². The third kappa shape index (κ3) is 7.74. The van der Waals surface area contributed by atoms with Gasteiger partial charge in [-0.25, -0.2) is 4.89 Å². The molecule has 0 radical (unpaired) electrons. The van der Waals surface area contributed by atoms with E-state index in [1.165, 1.54) is 32.1 Å². The molecule has 0 aromatic rings. The lowest BCUT2D eigenvalue weighted by molar-refractivity contribution is -0.544. The summed E-state index contributed by atoms with van der Waals surface area (Å²) in [5, 5.41) is 4.81. The molecule has 0 fully saturated rings. The van der Waals surface area contributed by atoms with Gasteiger partial charge in [-0.2, -0.15) is 4.89 Å². The standard InChI is InChI=1S/C14H30O3/c1-5-9-10-11-12-13-14(6-2,7-3)16-17-15-8-4/h5-13H2,1-4H3. The summed E-state index contributed by atoms with van der Waals surface area (Å²) in [5.74, 6) is 0. The zero-order valence-electron chi connectivity index (χ0n) is 12.1. The molecule has 0 heterocycles. The maximum Gasteiger partial charge on any atom is 0.106 e. The van der Waals surface area contributed by atoms with E-state index in [-0.39, 0.29) is 5.60 Å². The van der Waals surface area contributed by atoms with Gasteiger partial charge in [0.15, 0.2) is 0 Å². The van der Waals surface area contributed by atoms with Gasteiger partial charge in [0.2, 0.25) is 0 Å². The average molecular weight is 246 g/mol. The predicted molar refractivity (Wildman–Crippen MR) is 70.5 cm³/mol. The van der Waals surface area contributed by atoms with E-state index in [0.29, 0.717) is 6.61 Å². The average Bonchev–Trinajstić information content (AvgIpc) is 2.37. The first-order chi connectivity index (χ1) is 8.24. The molecule has 3 nitrogen and oxygen atoms in total. The smallest absolute Gasteiger partial charge is 0.106 e. The van der Waals surface area contributed by atoms with Crippen molar-refractivity contribution >= 4 is 0 Å². The molecule has 0 N–H and O–H groups in total. The molecule has 104 valence electrons. The van der Waals surface area contributed by atoms with Crippen molar-refractivity contribution in [3.8, 4) is 0 Å². The van der Waals surface area contributed by atoms with Gasteiger partial charge < -0.3 is 0 Å². The molecular weight excluding hydrogens is 216 g/mol. The Labute approximate surface area is 107 Å². The van der Waals surface area contributed by atoms with Crippen LogP contribution in [0.1, 0.15) is 79.1 Å². The third-order valence-corrected chi connectivity index (χ3v) is 3.40. The summed E-state index contributed by atoms with van der Waals surface area (Å²) in [4.78, 5) is 10.3. The Hall–Kier alpha value is -0.120. The van der Waals surface area contributed by atoms with Gasteiger partial charge >= 0.3 is 0 Å². The summed E-state index contributed by atoms with van der Waals surface area (Å²) in [6.07, 6.45) is 9.42. The van der Waals surface area contributed by atoms with Crippen LogP contribution >= 0.6 is 0 Å². The summed E-state index contributed by atoms with van der Waals surface area (Å²) < 4.78 is 0. The summed E-state index contributed by atoms with van der Waals surface area (Å²) in [6.45, 7) is 8.92. The fourth-order valence-electron chi connectivity index (χ4n) is 1.96. The molecule has 0 aliphatic carbocycles. The van der Waals surface area contributed by atoms with Crippen LogP contribution in [0.2, 0.25) is 0 Å². The maximum atomic E-state index is 5.45. The van der Waals surface area contributed by atoms with Crippen LogP contribution in [0.25, 0.3) is 0 Å². The van der Waals surface area contributed by atoms with Crippen molar-refractivity contribution < 1.29 is 14.8 Å². The Balaban J connectivity index is 3.85. The number of rotatable bonds is 12. The molecule has 0 rings (SSSR count). The van der Waals surface area contributed by atoms with E-state index in [1.54, 1.807) is 0 Å². The van der Waals surface area contributed by atoms with E-state index < -0.39 is 0 Å². The van der Waals surface area contributed by atoms with E-state index in [4.69, 9.17) is 14.8 Å². The van der Waals surface area contributed by atoms with E-state index in [2.05, 4.69) is 20.8 Å². The molecule has 0 amide bonds. The minimum atomic E-state index is -0.165. The van der Waals surface area contributed by atoms with Crippen molar-refractivity contribution in [2.24, 2.45) is 0 Å². The highest BCUT2D eigenvalue weighted by molar-refractivity contribution is 4.76.